The van der Waals surface area contributed by atoms with Crippen LogP contribution in [0.2, 0.25) is 0 Å². The number of aliphatic hydroxyl groups excluding tert-OH is 2. The van der Waals surface area contributed by atoms with Gasteiger partial charge in [-0.2, -0.15) is 4.98 Å². The summed E-state index contributed by atoms with van der Waals surface area (Å²) in [5, 5.41) is 27.9. The minimum absolute atomic E-state index is 0.0148. The standard InChI is InChI=1S/C9H11N3O6.H3O4P/c10-3-1-2-12(9(17)11-3)7-5(14)4(13)6(18-7)8(15)16;1-5(2,3)4/h1-2,4-7,13-14H,(H,15,16)(H2,10,11,17);(H3,1,2,3,4)/t4-,5+,6-,7+;/m0./s1. The number of aromatic nitrogens is 2. The van der Waals surface area contributed by atoms with Gasteiger partial charge in [-0.15, -0.1) is 0 Å². The average molecular weight is 355 g/mol. The number of anilines is 1. The van der Waals surface area contributed by atoms with Crippen LogP contribution in [-0.2, 0) is 14.1 Å². The Labute approximate surface area is 127 Å². The van der Waals surface area contributed by atoms with E-state index < -0.39 is 44.0 Å². The first-order chi connectivity index (χ1) is 10.4. The lowest BCUT2D eigenvalue weighted by molar-refractivity contribution is -0.155. The van der Waals surface area contributed by atoms with E-state index in [1.807, 2.05) is 0 Å². The van der Waals surface area contributed by atoms with Crippen LogP contribution < -0.4 is 11.4 Å². The Balaban J connectivity index is 0.000000463. The number of carbonyl (C=O) groups is 1. The number of nitrogens with two attached hydrogens (primary N) is 1. The number of hydrogen-bond donors (Lipinski definition) is 7. The summed E-state index contributed by atoms with van der Waals surface area (Å²) in [6, 6.07) is 1.29. The first kappa shape index (κ1) is 19.2. The molecule has 4 atom stereocenters. The van der Waals surface area contributed by atoms with E-state index in [1.54, 1.807) is 0 Å². The summed E-state index contributed by atoms with van der Waals surface area (Å²) in [5.41, 5.74) is 4.48. The van der Waals surface area contributed by atoms with Crippen molar-refractivity contribution in [3.05, 3.63) is 22.7 Å². The van der Waals surface area contributed by atoms with Crippen molar-refractivity contribution in [2.24, 2.45) is 0 Å². The molecule has 0 aromatic carbocycles. The number of phosphoric acid groups is 1. The van der Waals surface area contributed by atoms with Crippen molar-refractivity contribution in [2.75, 3.05) is 5.73 Å². The first-order valence-electron chi connectivity index (χ1n) is 5.79. The molecule has 14 heteroatoms. The van der Waals surface area contributed by atoms with Gasteiger partial charge in [0.2, 0.25) is 0 Å². The Morgan fingerprint density at radius 2 is 1.83 bits per heavy atom. The number of rotatable bonds is 2. The number of ether oxygens (including phenoxy) is 1. The largest absolute Gasteiger partial charge is 0.479 e. The Morgan fingerprint density at radius 1 is 1.30 bits per heavy atom. The smallest absolute Gasteiger partial charge is 0.466 e. The van der Waals surface area contributed by atoms with Gasteiger partial charge >= 0.3 is 19.5 Å². The van der Waals surface area contributed by atoms with E-state index in [0.717, 1.165) is 4.57 Å². The highest BCUT2D eigenvalue weighted by Crippen LogP contribution is 2.28. The van der Waals surface area contributed by atoms with Crippen molar-refractivity contribution in [1.82, 2.24) is 9.55 Å². The topological polar surface area (TPSA) is 226 Å². The van der Waals surface area contributed by atoms with Crippen LogP contribution in [-0.4, -0.2) is 63.8 Å². The molecule has 0 spiro atoms. The zero-order valence-electron chi connectivity index (χ0n) is 11.2. The molecule has 0 bridgehead atoms. The molecule has 1 aromatic rings. The van der Waals surface area contributed by atoms with Gasteiger partial charge in [0, 0.05) is 6.20 Å². The van der Waals surface area contributed by atoms with Crippen LogP contribution in [0.25, 0.3) is 0 Å². The minimum Gasteiger partial charge on any atom is -0.479 e. The molecule has 1 aliphatic heterocycles. The molecule has 0 saturated carbocycles. The van der Waals surface area contributed by atoms with E-state index in [-0.39, 0.29) is 5.82 Å². The summed E-state index contributed by atoms with van der Waals surface area (Å²) in [4.78, 5) is 47.2. The Hall–Kier alpha value is -1.86. The van der Waals surface area contributed by atoms with Crippen LogP contribution in [0, 0.1) is 0 Å². The molecule has 1 aliphatic rings. The molecule has 0 aliphatic carbocycles. The molecular weight excluding hydrogens is 341 g/mol. The first-order valence-corrected chi connectivity index (χ1v) is 7.35. The Kier molecular flexibility index (Phi) is 5.96. The predicted octanol–water partition coefficient (Wildman–Crippen LogP) is -3.40. The van der Waals surface area contributed by atoms with Gasteiger partial charge < -0.3 is 40.5 Å². The molecule has 1 aromatic heterocycles. The second kappa shape index (κ2) is 7.14. The molecular formula is C9H14N3O10P. The summed E-state index contributed by atoms with van der Waals surface area (Å²) in [6.45, 7) is 0. The fraction of sp³-hybridized carbons (Fsp3) is 0.444. The van der Waals surface area contributed by atoms with Crippen molar-refractivity contribution < 1.29 is 44.1 Å². The second-order valence-corrected chi connectivity index (χ2v) is 5.35. The van der Waals surface area contributed by atoms with Gasteiger partial charge in [-0.1, -0.05) is 0 Å². The van der Waals surface area contributed by atoms with Gasteiger partial charge in [-0.3, -0.25) is 4.57 Å². The molecule has 0 unspecified atom stereocenters. The normalized spacial score (nSPS) is 27.2. The van der Waals surface area contributed by atoms with Crippen LogP contribution in [0.1, 0.15) is 6.23 Å². The molecule has 130 valence electrons. The average Bonchev–Trinajstić information content (AvgIpc) is 2.65. The lowest BCUT2D eigenvalue weighted by Gasteiger charge is -2.16. The highest BCUT2D eigenvalue weighted by atomic mass is 31.2. The maximum absolute atomic E-state index is 11.5. The van der Waals surface area contributed by atoms with Gasteiger partial charge in [0.05, 0.1) is 0 Å². The summed E-state index contributed by atoms with van der Waals surface area (Å²) < 4.78 is 14.7. The number of carboxylic acid groups (broad SMARTS) is 1. The van der Waals surface area contributed by atoms with Crippen LogP contribution in [0.3, 0.4) is 0 Å². The Morgan fingerprint density at radius 3 is 2.22 bits per heavy atom. The number of aliphatic hydroxyl groups is 2. The van der Waals surface area contributed by atoms with Gasteiger partial charge in [0.1, 0.15) is 18.0 Å². The summed E-state index contributed by atoms with van der Waals surface area (Å²) in [7, 11) is -4.64. The van der Waals surface area contributed by atoms with E-state index in [9.17, 15) is 19.8 Å². The van der Waals surface area contributed by atoms with Gasteiger partial charge in [0.25, 0.3) is 0 Å². The molecule has 0 radical (unpaired) electrons. The fourth-order valence-electron chi connectivity index (χ4n) is 1.71. The summed E-state index contributed by atoms with van der Waals surface area (Å²) in [5.74, 6) is -1.44. The summed E-state index contributed by atoms with van der Waals surface area (Å²) >= 11 is 0. The lowest BCUT2D eigenvalue weighted by Crippen LogP contribution is -2.37. The maximum atomic E-state index is 11.5. The van der Waals surface area contributed by atoms with Crippen LogP contribution >= 0.6 is 7.82 Å². The van der Waals surface area contributed by atoms with Gasteiger partial charge in [-0.25, -0.2) is 14.2 Å². The van der Waals surface area contributed by atoms with E-state index in [2.05, 4.69) is 4.98 Å². The lowest BCUT2D eigenvalue weighted by atomic mass is 10.1. The van der Waals surface area contributed by atoms with Crippen LogP contribution in [0.5, 0.6) is 0 Å². The molecule has 2 heterocycles. The Bertz CT molecular complexity index is 664. The SMILES string of the molecule is Nc1ccn([C@@H]2O[C@H](C(=O)O)[C@@H](O)[C@H]2O)c(=O)n1.O=P(O)(O)O. The third kappa shape index (κ3) is 5.37. The molecule has 2 rings (SSSR count). The van der Waals surface area contributed by atoms with Crippen molar-refractivity contribution in [3.63, 3.8) is 0 Å². The predicted molar refractivity (Wildman–Crippen MR) is 70.7 cm³/mol. The molecule has 1 fully saturated rings. The molecule has 0 amide bonds. The summed E-state index contributed by atoms with van der Waals surface area (Å²) in [6.07, 6.45) is -4.89. The zero-order valence-corrected chi connectivity index (χ0v) is 12.1. The fourth-order valence-corrected chi connectivity index (χ4v) is 1.71. The minimum atomic E-state index is -4.64. The van der Waals surface area contributed by atoms with Crippen molar-refractivity contribution in [2.45, 2.75) is 24.5 Å². The molecule has 8 N–H and O–H groups in total. The molecule has 23 heavy (non-hydrogen) atoms. The van der Waals surface area contributed by atoms with Crippen LogP contribution in [0.15, 0.2) is 17.1 Å². The van der Waals surface area contributed by atoms with Gasteiger partial charge in [-0.05, 0) is 6.07 Å². The van der Waals surface area contributed by atoms with Crippen molar-refractivity contribution in [3.8, 4) is 0 Å². The maximum Gasteiger partial charge on any atom is 0.466 e. The van der Waals surface area contributed by atoms with Crippen molar-refractivity contribution in [1.29, 1.82) is 0 Å². The third-order valence-corrected chi connectivity index (χ3v) is 2.61. The number of nitrogen functional groups attached to an aromatic ring is 1. The second-order valence-electron chi connectivity index (χ2n) is 4.32. The quantitative estimate of drug-likeness (QED) is 0.258. The number of carboxylic acids is 1. The molecule has 13 nitrogen and oxygen atoms in total. The number of aliphatic carboxylic acids is 1. The van der Waals surface area contributed by atoms with E-state index >= 15 is 0 Å². The van der Waals surface area contributed by atoms with Crippen molar-refractivity contribution >= 4 is 19.6 Å². The highest BCUT2D eigenvalue weighted by Gasteiger charge is 2.47. The zero-order chi connectivity index (χ0) is 17.9. The van der Waals surface area contributed by atoms with E-state index in [4.69, 9.17) is 34.8 Å². The monoisotopic (exact) mass is 355 g/mol. The number of nitrogens with zero attached hydrogens (tertiary/aromatic N) is 2. The van der Waals surface area contributed by atoms with Gasteiger partial charge in [0.15, 0.2) is 12.3 Å². The number of hydrogen-bond acceptors (Lipinski definition) is 8. The van der Waals surface area contributed by atoms with E-state index in [0.29, 0.717) is 0 Å². The van der Waals surface area contributed by atoms with E-state index in [1.165, 1.54) is 12.3 Å². The third-order valence-electron chi connectivity index (χ3n) is 2.61. The molecule has 1 saturated heterocycles. The highest BCUT2D eigenvalue weighted by molar-refractivity contribution is 7.45. The van der Waals surface area contributed by atoms with Crippen LogP contribution in [0.4, 0.5) is 5.82 Å².